The molecule has 1 saturated carbocycles. The molecule has 1 unspecified atom stereocenters. The first kappa shape index (κ1) is 14.9. The number of benzene rings is 1. The maximum Gasteiger partial charge on any atom is 0.123 e. The number of ether oxygens (including phenoxy) is 1. The number of alkyl halides is 1. The van der Waals surface area contributed by atoms with E-state index >= 15 is 0 Å². The van der Waals surface area contributed by atoms with Gasteiger partial charge in [0.25, 0.3) is 0 Å². The van der Waals surface area contributed by atoms with Gasteiger partial charge in [-0.25, -0.2) is 0 Å². The summed E-state index contributed by atoms with van der Waals surface area (Å²) >= 11 is 3.87. The molecule has 19 heavy (non-hydrogen) atoms. The Morgan fingerprint density at radius 2 is 2.05 bits per heavy atom. The molecule has 1 aliphatic carbocycles. The summed E-state index contributed by atoms with van der Waals surface area (Å²) in [5, 5.41) is 0. The van der Waals surface area contributed by atoms with E-state index in [1.165, 1.54) is 49.7 Å². The van der Waals surface area contributed by atoms with E-state index in [0.29, 0.717) is 4.83 Å². The maximum atomic E-state index is 5.75. The molecule has 0 aliphatic heterocycles. The summed E-state index contributed by atoms with van der Waals surface area (Å²) in [6, 6.07) is 6.50. The SMILES string of the molecule is CCOc1ccc(C)cc1C(Br)CCC1CCCC1. The van der Waals surface area contributed by atoms with Crippen LogP contribution in [0.15, 0.2) is 18.2 Å². The molecule has 1 aromatic carbocycles. The summed E-state index contributed by atoms with van der Waals surface area (Å²) in [4.78, 5) is 0.426. The highest BCUT2D eigenvalue weighted by molar-refractivity contribution is 9.09. The molecule has 106 valence electrons. The fourth-order valence-electron chi connectivity index (χ4n) is 3.04. The van der Waals surface area contributed by atoms with Crippen molar-refractivity contribution in [3.05, 3.63) is 29.3 Å². The van der Waals surface area contributed by atoms with Gasteiger partial charge in [0.2, 0.25) is 0 Å². The number of hydrogen-bond acceptors (Lipinski definition) is 1. The minimum Gasteiger partial charge on any atom is -0.494 e. The lowest BCUT2D eigenvalue weighted by molar-refractivity contribution is 0.335. The second kappa shape index (κ2) is 7.33. The van der Waals surface area contributed by atoms with Crippen molar-refractivity contribution in [3.8, 4) is 5.75 Å². The Labute approximate surface area is 125 Å². The summed E-state index contributed by atoms with van der Waals surface area (Å²) in [6.45, 7) is 4.93. The van der Waals surface area contributed by atoms with Gasteiger partial charge in [-0.15, -0.1) is 0 Å². The molecule has 1 fully saturated rings. The molecule has 0 amide bonds. The molecule has 1 nitrogen and oxygen atoms in total. The molecule has 1 atom stereocenters. The first-order chi connectivity index (χ1) is 9.20. The quantitative estimate of drug-likeness (QED) is 0.601. The minimum atomic E-state index is 0.426. The zero-order chi connectivity index (χ0) is 13.7. The van der Waals surface area contributed by atoms with Crippen molar-refractivity contribution in [3.63, 3.8) is 0 Å². The number of aryl methyl sites for hydroxylation is 1. The normalized spacial score (nSPS) is 17.6. The van der Waals surface area contributed by atoms with Gasteiger partial charge in [0.05, 0.1) is 6.61 Å². The van der Waals surface area contributed by atoms with Crippen molar-refractivity contribution in [2.24, 2.45) is 5.92 Å². The molecule has 0 bridgehead atoms. The summed E-state index contributed by atoms with van der Waals surface area (Å²) in [5.41, 5.74) is 2.63. The van der Waals surface area contributed by atoms with Crippen LogP contribution in [-0.2, 0) is 0 Å². The van der Waals surface area contributed by atoms with Gasteiger partial charge in [0, 0.05) is 10.4 Å². The van der Waals surface area contributed by atoms with Gasteiger partial charge in [0.1, 0.15) is 5.75 Å². The van der Waals surface area contributed by atoms with Crippen molar-refractivity contribution in [1.29, 1.82) is 0 Å². The average molecular weight is 325 g/mol. The van der Waals surface area contributed by atoms with Gasteiger partial charge in [0.15, 0.2) is 0 Å². The fourth-order valence-corrected chi connectivity index (χ4v) is 3.66. The summed E-state index contributed by atoms with van der Waals surface area (Å²) in [5.74, 6) is 2.00. The topological polar surface area (TPSA) is 9.23 Å². The molecule has 2 rings (SSSR count). The summed E-state index contributed by atoms with van der Waals surface area (Å²) in [7, 11) is 0. The van der Waals surface area contributed by atoms with E-state index in [0.717, 1.165) is 18.3 Å². The van der Waals surface area contributed by atoms with E-state index in [4.69, 9.17) is 4.74 Å². The molecule has 0 radical (unpaired) electrons. The third-order valence-corrected chi connectivity index (χ3v) is 5.06. The standard InChI is InChI=1S/C17H25BrO/c1-3-19-17-11-8-13(2)12-15(17)16(18)10-9-14-6-4-5-7-14/h8,11-12,14,16H,3-7,9-10H2,1-2H3. The molecule has 0 aromatic heterocycles. The Bertz CT molecular complexity index is 396. The Hall–Kier alpha value is -0.500. The molecule has 0 saturated heterocycles. The molecule has 0 N–H and O–H groups in total. The maximum absolute atomic E-state index is 5.75. The number of rotatable bonds is 6. The van der Waals surface area contributed by atoms with Crippen molar-refractivity contribution in [2.45, 2.75) is 57.2 Å². The zero-order valence-electron chi connectivity index (χ0n) is 12.1. The Balaban J connectivity index is 1.99. The molecule has 1 aromatic rings. The van der Waals surface area contributed by atoms with Crippen molar-refractivity contribution >= 4 is 15.9 Å². The third kappa shape index (κ3) is 4.24. The van der Waals surface area contributed by atoms with Crippen LogP contribution in [0.4, 0.5) is 0 Å². The lowest BCUT2D eigenvalue weighted by atomic mass is 9.97. The highest BCUT2D eigenvalue weighted by atomic mass is 79.9. The average Bonchev–Trinajstić information content (AvgIpc) is 2.91. The zero-order valence-corrected chi connectivity index (χ0v) is 13.7. The summed E-state index contributed by atoms with van der Waals surface area (Å²) in [6.07, 6.45) is 8.31. The lowest BCUT2D eigenvalue weighted by Crippen LogP contribution is -2.01. The Morgan fingerprint density at radius 3 is 2.74 bits per heavy atom. The van der Waals surface area contributed by atoms with Crippen molar-refractivity contribution in [1.82, 2.24) is 0 Å². The highest BCUT2D eigenvalue weighted by Crippen LogP contribution is 2.38. The monoisotopic (exact) mass is 324 g/mol. The Kier molecular flexibility index (Phi) is 5.75. The van der Waals surface area contributed by atoms with E-state index in [-0.39, 0.29) is 0 Å². The number of hydrogen-bond donors (Lipinski definition) is 0. The largest absolute Gasteiger partial charge is 0.494 e. The lowest BCUT2D eigenvalue weighted by Gasteiger charge is -2.17. The van der Waals surface area contributed by atoms with Crippen LogP contribution in [0, 0.1) is 12.8 Å². The molecule has 0 spiro atoms. The van der Waals surface area contributed by atoms with Gasteiger partial charge < -0.3 is 4.74 Å². The van der Waals surface area contributed by atoms with Gasteiger partial charge >= 0.3 is 0 Å². The van der Waals surface area contributed by atoms with Crippen LogP contribution in [0.25, 0.3) is 0 Å². The van der Waals surface area contributed by atoms with Gasteiger partial charge in [-0.2, -0.15) is 0 Å². The molecule has 0 heterocycles. The van der Waals surface area contributed by atoms with Crippen LogP contribution < -0.4 is 4.74 Å². The third-order valence-electron chi connectivity index (χ3n) is 4.11. The van der Waals surface area contributed by atoms with Gasteiger partial charge in [-0.1, -0.05) is 59.3 Å². The molecule has 2 heteroatoms. The predicted molar refractivity (Wildman–Crippen MR) is 85.2 cm³/mol. The fraction of sp³-hybridized carbons (Fsp3) is 0.647. The number of halogens is 1. The van der Waals surface area contributed by atoms with Gasteiger partial charge in [-0.3, -0.25) is 0 Å². The highest BCUT2D eigenvalue weighted by Gasteiger charge is 2.19. The van der Waals surface area contributed by atoms with E-state index in [1.807, 2.05) is 6.92 Å². The van der Waals surface area contributed by atoms with Crippen LogP contribution in [0.2, 0.25) is 0 Å². The molecular weight excluding hydrogens is 300 g/mol. The second-order valence-electron chi connectivity index (χ2n) is 5.67. The van der Waals surface area contributed by atoms with Crippen LogP contribution >= 0.6 is 15.9 Å². The second-order valence-corrected chi connectivity index (χ2v) is 6.77. The minimum absolute atomic E-state index is 0.426. The predicted octanol–water partition coefficient (Wildman–Crippen LogP) is 5.80. The summed E-state index contributed by atoms with van der Waals surface area (Å²) < 4.78 is 5.75. The van der Waals surface area contributed by atoms with Crippen LogP contribution in [0.3, 0.4) is 0 Å². The van der Waals surface area contributed by atoms with Gasteiger partial charge in [-0.05, 0) is 38.7 Å². The Morgan fingerprint density at radius 1 is 1.32 bits per heavy atom. The van der Waals surface area contributed by atoms with Crippen LogP contribution in [0.1, 0.15) is 61.4 Å². The van der Waals surface area contributed by atoms with Crippen molar-refractivity contribution in [2.75, 3.05) is 6.61 Å². The first-order valence-corrected chi connectivity index (χ1v) is 8.49. The molecular formula is C17H25BrO. The van der Waals surface area contributed by atoms with Crippen LogP contribution in [0.5, 0.6) is 5.75 Å². The first-order valence-electron chi connectivity index (χ1n) is 7.58. The van der Waals surface area contributed by atoms with E-state index in [9.17, 15) is 0 Å². The van der Waals surface area contributed by atoms with E-state index in [2.05, 4.69) is 41.1 Å². The van der Waals surface area contributed by atoms with E-state index in [1.54, 1.807) is 0 Å². The van der Waals surface area contributed by atoms with Crippen LogP contribution in [-0.4, -0.2) is 6.61 Å². The smallest absolute Gasteiger partial charge is 0.123 e. The van der Waals surface area contributed by atoms with E-state index < -0.39 is 0 Å². The van der Waals surface area contributed by atoms with Crippen molar-refractivity contribution < 1.29 is 4.74 Å². The molecule has 1 aliphatic rings.